The third-order valence-electron chi connectivity index (χ3n) is 6.53. The quantitative estimate of drug-likeness (QED) is 0.192. The van der Waals surface area contributed by atoms with Gasteiger partial charge in [0.2, 0.25) is 0 Å². The van der Waals surface area contributed by atoms with Crippen LogP contribution in [0.2, 0.25) is 0 Å². The van der Waals surface area contributed by atoms with Gasteiger partial charge < -0.3 is 22.8 Å². The van der Waals surface area contributed by atoms with Crippen LogP contribution in [0, 0.1) is 0 Å². The number of anilines is 1. The molecule has 0 aromatic heterocycles. The van der Waals surface area contributed by atoms with Crippen molar-refractivity contribution in [3.63, 3.8) is 0 Å². The van der Waals surface area contributed by atoms with Crippen molar-refractivity contribution in [3.05, 3.63) is 64.1 Å². The van der Waals surface area contributed by atoms with E-state index in [0.717, 1.165) is 4.90 Å². The van der Waals surface area contributed by atoms with Crippen LogP contribution in [-0.4, -0.2) is 49.4 Å². The molecule has 1 aliphatic heterocycles. The Morgan fingerprint density at radius 3 is 1.83 bits per heavy atom. The molecule has 0 aliphatic carbocycles. The van der Waals surface area contributed by atoms with Gasteiger partial charge >= 0.3 is 21.3 Å². The summed E-state index contributed by atoms with van der Waals surface area (Å²) in [6.07, 6.45) is -1.26. The summed E-state index contributed by atoms with van der Waals surface area (Å²) in [7, 11) is -8.53. The van der Waals surface area contributed by atoms with Crippen LogP contribution >= 0.6 is 31.1 Å². The Morgan fingerprint density at radius 2 is 1.38 bits per heavy atom. The highest BCUT2D eigenvalue weighted by Gasteiger charge is 2.62. The second-order valence-electron chi connectivity index (χ2n) is 10.5. The van der Waals surface area contributed by atoms with Crippen LogP contribution in [0.4, 0.5) is 10.5 Å². The third-order valence-corrected chi connectivity index (χ3v) is 13.0. The molecule has 232 valence electrons. The first-order valence-corrected chi connectivity index (χ1v) is 17.9. The van der Waals surface area contributed by atoms with Crippen LogP contribution in [0.5, 0.6) is 0 Å². The summed E-state index contributed by atoms with van der Waals surface area (Å²) in [6.45, 7) is 11.6. The zero-order valence-corrected chi connectivity index (χ0v) is 28.5. The third kappa shape index (κ3) is 6.94. The molecule has 10 nitrogen and oxygen atoms in total. The molecule has 42 heavy (non-hydrogen) atoms. The first kappa shape index (κ1) is 34.6. The Morgan fingerprint density at radius 1 is 0.881 bits per heavy atom. The normalized spacial score (nSPS) is 17.5. The molecule has 0 saturated carbocycles. The molecule has 1 aliphatic rings. The zero-order chi connectivity index (χ0) is 31.3. The van der Waals surface area contributed by atoms with Crippen molar-refractivity contribution in [1.82, 2.24) is 0 Å². The van der Waals surface area contributed by atoms with E-state index >= 15 is 0 Å². The summed E-state index contributed by atoms with van der Waals surface area (Å²) in [4.78, 5) is 29.4. The fourth-order valence-corrected chi connectivity index (χ4v) is 10.9. The number of ether oxygens (including phenoxy) is 1. The van der Waals surface area contributed by atoms with Crippen molar-refractivity contribution in [1.29, 1.82) is 0 Å². The van der Waals surface area contributed by atoms with E-state index in [2.05, 4.69) is 15.9 Å². The van der Waals surface area contributed by atoms with Crippen LogP contribution in [0.25, 0.3) is 0 Å². The van der Waals surface area contributed by atoms with Crippen molar-refractivity contribution in [2.24, 2.45) is 0 Å². The molecular weight excluding hydrogens is 648 g/mol. The number of amides is 2. The smallest absolute Gasteiger partial charge is 0.421 e. The number of nitrogens with zero attached hydrogens (tertiary/aromatic N) is 1. The van der Waals surface area contributed by atoms with Gasteiger partial charge in [0.15, 0.2) is 5.40 Å². The standard InChI is InChI=1S/C29H40BrNO9P2/c1-8-36-41(34,37-9-2)25(42(35,38-10-3)39-11-4)20-29(21-15-13-12-14-16-21)23-19-22(30)17-18-24(23)31(26(29)32)27(33)40-28(5,6)7/h12-19,25H,8-11,20H2,1-7H3/t29-/m1/s1. The van der Waals surface area contributed by atoms with Crippen LogP contribution in [0.3, 0.4) is 0 Å². The first-order chi connectivity index (χ1) is 19.7. The molecule has 1 atom stereocenters. The van der Waals surface area contributed by atoms with Crippen LogP contribution in [-0.2, 0) is 42.2 Å². The molecule has 0 fully saturated rings. The van der Waals surface area contributed by atoms with Crippen molar-refractivity contribution < 1.29 is 41.6 Å². The molecule has 2 amide bonds. The van der Waals surface area contributed by atoms with Gasteiger partial charge in [-0.25, -0.2) is 9.69 Å². The number of rotatable bonds is 13. The van der Waals surface area contributed by atoms with Gasteiger partial charge in [-0.3, -0.25) is 13.9 Å². The predicted molar refractivity (Wildman–Crippen MR) is 165 cm³/mol. The average Bonchev–Trinajstić information content (AvgIpc) is 3.15. The van der Waals surface area contributed by atoms with Gasteiger partial charge in [-0.1, -0.05) is 46.3 Å². The summed E-state index contributed by atoms with van der Waals surface area (Å²) in [5, 5.41) is -1.53. The van der Waals surface area contributed by atoms with Gasteiger partial charge in [-0.15, -0.1) is 0 Å². The number of hydrogen-bond donors (Lipinski definition) is 0. The van der Waals surface area contributed by atoms with Gasteiger partial charge in [0, 0.05) is 4.47 Å². The fourth-order valence-electron chi connectivity index (χ4n) is 5.08. The molecule has 0 bridgehead atoms. The molecule has 2 aromatic rings. The van der Waals surface area contributed by atoms with Crippen LogP contribution in [0.15, 0.2) is 53.0 Å². The number of carbonyl (C=O) groups is 2. The van der Waals surface area contributed by atoms with Gasteiger partial charge in [-0.2, -0.15) is 0 Å². The minimum Gasteiger partial charge on any atom is -0.443 e. The Bertz CT molecular complexity index is 1310. The highest BCUT2D eigenvalue weighted by molar-refractivity contribution is 9.10. The minimum absolute atomic E-state index is 0.0233. The largest absolute Gasteiger partial charge is 0.443 e. The fraction of sp³-hybridized carbons (Fsp3) is 0.517. The Labute approximate surface area is 256 Å². The van der Waals surface area contributed by atoms with Crippen molar-refractivity contribution in [2.75, 3.05) is 31.3 Å². The maximum absolute atomic E-state index is 14.8. The second-order valence-corrected chi connectivity index (χ2v) is 16.3. The first-order valence-electron chi connectivity index (χ1n) is 13.9. The summed E-state index contributed by atoms with van der Waals surface area (Å²) in [6, 6.07) is 13.8. The van der Waals surface area contributed by atoms with Gasteiger partial charge in [-0.05, 0) is 84.2 Å². The lowest BCUT2D eigenvalue weighted by molar-refractivity contribution is -0.121. The molecule has 13 heteroatoms. The molecule has 0 unspecified atom stereocenters. The van der Waals surface area contributed by atoms with Gasteiger partial charge in [0.05, 0.1) is 32.1 Å². The predicted octanol–water partition coefficient (Wildman–Crippen LogP) is 8.27. The van der Waals surface area contributed by atoms with E-state index < -0.39 is 43.6 Å². The Kier molecular flexibility index (Phi) is 11.4. The molecule has 0 radical (unpaired) electrons. The lowest BCUT2D eigenvalue weighted by Gasteiger charge is -2.37. The zero-order valence-electron chi connectivity index (χ0n) is 25.1. The summed E-state index contributed by atoms with van der Waals surface area (Å²) >= 11 is 3.51. The molecular formula is C29H40BrNO9P2. The number of carbonyl (C=O) groups excluding carboxylic acids is 2. The monoisotopic (exact) mass is 687 g/mol. The Balaban J connectivity index is 2.42. The van der Waals surface area contributed by atoms with Crippen molar-refractivity contribution in [3.8, 4) is 0 Å². The molecule has 0 N–H and O–H groups in total. The topological polar surface area (TPSA) is 118 Å². The maximum atomic E-state index is 14.8. The summed E-state index contributed by atoms with van der Waals surface area (Å²) < 4.78 is 58.3. The van der Waals surface area contributed by atoms with Gasteiger partial charge in [0.1, 0.15) is 11.0 Å². The summed E-state index contributed by atoms with van der Waals surface area (Å²) in [5.74, 6) is -0.667. The van der Waals surface area contributed by atoms with Gasteiger partial charge in [0.25, 0.3) is 5.91 Å². The SMILES string of the molecule is CCOP(=O)(OCC)C(C[C@]1(c2ccccc2)C(=O)N(C(=O)OC(C)(C)C)c2ccc(Br)cc21)P(=O)(OCC)OCC. The second kappa shape index (κ2) is 13.9. The number of halogens is 1. The van der Waals surface area contributed by atoms with Crippen molar-refractivity contribution in [2.45, 2.75) is 71.3 Å². The van der Waals surface area contributed by atoms with E-state index in [1.54, 1.807) is 97.0 Å². The number of hydrogen-bond acceptors (Lipinski definition) is 9. The number of fused-ring (bicyclic) bond motifs is 1. The average molecular weight is 688 g/mol. The van der Waals surface area contributed by atoms with E-state index in [9.17, 15) is 18.7 Å². The maximum Gasteiger partial charge on any atom is 0.421 e. The molecule has 3 rings (SSSR count). The van der Waals surface area contributed by atoms with E-state index in [4.69, 9.17) is 22.8 Å². The molecule has 0 spiro atoms. The number of imide groups is 1. The molecule has 2 aromatic carbocycles. The Hall–Kier alpha value is -1.84. The van der Waals surface area contributed by atoms with Crippen LogP contribution in [0.1, 0.15) is 66.0 Å². The highest BCUT2D eigenvalue weighted by atomic mass is 79.9. The molecule has 1 heterocycles. The van der Waals surface area contributed by atoms with Crippen LogP contribution < -0.4 is 4.90 Å². The highest BCUT2D eigenvalue weighted by Crippen LogP contribution is 2.73. The summed E-state index contributed by atoms with van der Waals surface area (Å²) in [5.41, 5.74) is -1.40. The lowest BCUT2D eigenvalue weighted by Crippen LogP contribution is -2.47. The van der Waals surface area contributed by atoms with E-state index in [1.807, 2.05) is 0 Å². The lowest BCUT2D eigenvalue weighted by atomic mass is 9.73. The van der Waals surface area contributed by atoms with Crippen molar-refractivity contribution >= 4 is 48.8 Å². The number of benzene rings is 2. The van der Waals surface area contributed by atoms with E-state index in [1.165, 1.54) is 0 Å². The molecule has 0 saturated heterocycles. The minimum atomic E-state index is -4.26. The van der Waals surface area contributed by atoms with E-state index in [0.29, 0.717) is 15.6 Å². The van der Waals surface area contributed by atoms with E-state index in [-0.39, 0.29) is 38.5 Å².